The zero-order valence-electron chi connectivity index (χ0n) is 10.4. The summed E-state index contributed by atoms with van der Waals surface area (Å²) in [5.74, 6) is 1.44. The van der Waals surface area contributed by atoms with Crippen LogP contribution in [0.2, 0.25) is 0 Å². The monoisotopic (exact) mass is 299 g/mol. The van der Waals surface area contributed by atoms with E-state index in [1.54, 1.807) is 14.2 Å². The zero-order valence-corrected chi connectivity index (χ0v) is 12.0. The summed E-state index contributed by atoms with van der Waals surface area (Å²) in [4.78, 5) is 0. The van der Waals surface area contributed by atoms with Gasteiger partial charge in [-0.1, -0.05) is 6.08 Å². The first-order valence-electron chi connectivity index (χ1n) is 5.38. The van der Waals surface area contributed by atoms with Gasteiger partial charge in [-0.05, 0) is 40.5 Å². The number of methoxy groups -OCH3 is 2. The van der Waals surface area contributed by atoms with Crippen molar-refractivity contribution in [3.05, 3.63) is 34.8 Å². The van der Waals surface area contributed by atoms with E-state index in [9.17, 15) is 0 Å². The van der Waals surface area contributed by atoms with E-state index in [0.717, 1.165) is 22.3 Å². The molecule has 1 aromatic rings. The summed E-state index contributed by atoms with van der Waals surface area (Å²) in [6.45, 7) is 6.55. The molecule has 4 heteroatoms. The molecule has 0 saturated carbocycles. The van der Waals surface area contributed by atoms with Gasteiger partial charge >= 0.3 is 0 Å². The van der Waals surface area contributed by atoms with E-state index in [1.807, 2.05) is 18.2 Å². The molecule has 0 amide bonds. The fourth-order valence-corrected chi connectivity index (χ4v) is 2.09. The Hall–Kier alpha value is -1.00. The number of rotatable bonds is 6. The van der Waals surface area contributed by atoms with Crippen LogP contribution in [-0.4, -0.2) is 20.3 Å². The van der Waals surface area contributed by atoms with E-state index in [4.69, 9.17) is 9.47 Å². The predicted molar refractivity (Wildman–Crippen MR) is 73.7 cm³/mol. The number of nitrogens with one attached hydrogen (secondary N) is 1. The summed E-state index contributed by atoms with van der Waals surface area (Å²) < 4.78 is 11.4. The second-order valence-electron chi connectivity index (χ2n) is 3.72. The highest BCUT2D eigenvalue weighted by atomic mass is 79.9. The summed E-state index contributed by atoms with van der Waals surface area (Å²) >= 11 is 3.47. The van der Waals surface area contributed by atoms with Gasteiger partial charge in [-0.15, -0.1) is 6.58 Å². The van der Waals surface area contributed by atoms with Crippen LogP contribution < -0.4 is 14.8 Å². The van der Waals surface area contributed by atoms with Crippen molar-refractivity contribution in [1.29, 1.82) is 0 Å². The third kappa shape index (κ3) is 3.75. The Kier molecular flexibility index (Phi) is 5.51. The van der Waals surface area contributed by atoms with Gasteiger partial charge in [0.15, 0.2) is 11.5 Å². The lowest BCUT2D eigenvalue weighted by Gasteiger charge is -2.13. The first kappa shape index (κ1) is 14.1. The molecule has 1 rings (SSSR count). The Morgan fingerprint density at radius 1 is 1.41 bits per heavy atom. The van der Waals surface area contributed by atoms with Crippen LogP contribution in [0, 0.1) is 0 Å². The van der Waals surface area contributed by atoms with Crippen LogP contribution in [0.1, 0.15) is 12.5 Å². The molecule has 3 nitrogen and oxygen atoms in total. The van der Waals surface area contributed by atoms with E-state index < -0.39 is 0 Å². The zero-order chi connectivity index (χ0) is 12.8. The Bertz CT molecular complexity index is 393. The van der Waals surface area contributed by atoms with E-state index in [-0.39, 0.29) is 6.04 Å². The van der Waals surface area contributed by atoms with Crippen LogP contribution in [0.25, 0.3) is 0 Å². The third-order valence-electron chi connectivity index (χ3n) is 2.48. The number of benzene rings is 1. The fraction of sp³-hybridized carbons (Fsp3) is 0.385. The molecule has 0 fully saturated rings. The molecule has 1 atom stereocenters. The molecule has 0 aromatic heterocycles. The van der Waals surface area contributed by atoms with Gasteiger partial charge in [0.05, 0.1) is 18.7 Å². The molecule has 0 aliphatic heterocycles. The van der Waals surface area contributed by atoms with E-state index in [0.29, 0.717) is 5.75 Å². The molecule has 17 heavy (non-hydrogen) atoms. The minimum Gasteiger partial charge on any atom is -0.493 e. The molecule has 94 valence electrons. The third-order valence-corrected chi connectivity index (χ3v) is 3.06. The molecular formula is C13H18BrNO2. The van der Waals surface area contributed by atoms with Gasteiger partial charge in [-0.3, -0.25) is 0 Å². The second kappa shape index (κ2) is 6.67. The van der Waals surface area contributed by atoms with Crippen molar-refractivity contribution in [3.63, 3.8) is 0 Å². The van der Waals surface area contributed by atoms with Crippen LogP contribution >= 0.6 is 15.9 Å². The molecule has 0 spiro atoms. The Labute approximate surface area is 111 Å². The van der Waals surface area contributed by atoms with Crippen molar-refractivity contribution in [2.75, 3.05) is 14.2 Å². The lowest BCUT2D eigenvalue weighted by Crippen LogP contribution is -2.22. The van der Waals surface area contributed by atoms with Crippen LogP contribution in [0.3, 0.4) is 0 Å². The van der Waals surface area contributed by atoms with Crippen LogP contribution in [0.5, 0.6) is 11.5 Å². The van der Waals surface area contributed by atoms with Crippen LogP contribution in [0.15, 0.2) is 29.3 Å². The number of hydrogen-bond donors (Lipinski definition) is 1. The quantitative estimate of drug-likeness (QED) is 0.819. The molecule has 1 unspecified atom stereocenters. The first-order chi connectivity index (χ1) is 8.12. The van der Waals surface area contributed by atoms with Gasteiger partial charge in [0.2, 0.25) is 0 Å². The Balaban J connectivity index is 2.87. The Morgan fingerprint density at radius 3 is 2.65 bits per heavy atom. The number of halogens is 1. The largest absolute Gasteiger partial charge is 0.493 e. The molecule has 1 N–H and O–H groups in total. The van der Waals surface area contributed by atoms with Crippen molar-refractivity contribution in [2.45, 2.75) is 19.5 Å². The maximum atomic E-state index is 5.29. The van der Waals surface area contributed by atoms with Crippen molar-refractivity contribution >= 4 is 15.9 Å². The molecular weight excluding hydrogens is 282 g/mol. The summed E-state index contributed by atoms with van der Waals surface area (Å²) in [5, 5.41) is 3.33. The van der Waals surface area contributed by atoms with Crippen LogP contribution in [0.4, 0.5) is 0 Å². The highest BCUT2D eigenvalue weighted by Gasteiger charge is 2.10. The summed E-state index contributed by atoms with van der Waals surface area (Å²) in [7, 11) is 3.26. The first-order valence-corrected chi connectivity index (χ1v) is 6.18. The topological polar surface area (TPSA) is 30.5 Å². The predicted octanol–water partition coefficient (Wildman–Crippen LogP) is 3.13. The number of hydrogen-bond acceptors (Lipinski definition) is 3. The SMILES string of the molecule is C=CC(C)NCc1cc(Br)c(OC)c(OC)c1. The van der Waals surface area contributed by atoms with Crippen molar-refractivity contribution in [1.82, 2.24) is 5.32 Å². The minimum atomic E-state index is 0.280. The Morgan fingerprint density at radius 2 is 2.12 bits per heavy atom. The van der Waals surface area contributed by atoms with Gasteiger partial charge in [0.25, 0.3) is 0 Å². The van der Waals surface area contributed by atoms with E-state index in [1.165, 1.54) is 0 Å². The maximum absolute atomic E-state index is 5.29. The summed E-state index contributed by atoms with van der Waals surface area (Å²) in [6.07, 6.45) is 1.87. The second-order valence-corrected chi connectivity index (χ2v) is 4.57. The average molecular weight is 300 g/mol. The van der Waals surface area contributed by atoms with Gasteiger partial charge in [-0.2, -0.15) is 0 Å². The van der Waals surface area contributed by atoms with E-state index in [2.05, 4.69) is 34.7 Å². The minimum absolute atomic E-state index is 0.280. The van der Waals surface area contributed by atoms with Crippen LogP contribution in [-0.2, 0) is 6.54 Å². The highest BCUT2D eigenvalue weighted by Crippen LogP contribution is 2.36. The molecule has 0 aliphatic carbocycles. The summed E-state index contributed by atoms with van der Waals surface area (Å²) in [6, 6.07) is 4.26. The van der Waals surface area contributed by atoms with Gasteiger partial charge in [0, 0.05) is 12.6 Å². The van der Waals surface area contributed by atoms with Crippen molar-refractivity contribution < 1.29 is 9.47 Å². The number of ether oxygens (including phenoxy) is 2. The molecule has 0 aliphatic rings. The average Bonchev–Trinajstić information content (AvgIpc) is 2.34. The van der Waals surface area contributed by atoms with Gasteiger partial charge in [-0.25, -0.2) is 0 Å². The molecule has 1 aromatic carbocycles. The lowest BCUT2D eigenvalue weighted by atomic mass is 10.2. The van der Waals surface area contributed by atoms with Crippen molar-refractivity contribution in [3.8, 4) is 11.5 Å². The van der Waals surface area contributed by atoms with E-state index >= 15 is 0 Å². The summed E-state index contributed by atoms with van der Waals surface area (Å²) in [5.41, 5.74) is 1.13. The standard InChI is InChI=1S/C13H18BrNO2/c1-5-9(2)15-8-10-6-11(14)13(17-4)12(7-10)16-3/h5-7,9,15H,1,8H2,2-4H3. The molecule has 0 radical (unpaired) electrons. The highest BCUT2D eigenvalue weighted by molar-refractivity contribution is 9.10. The fourth-order valence-electron chi connectivity index (χ4n) is 1.44. The normalized spacial score (nSPS) is 12.0. The van der Waals surface area contributed by atoms with Crippen molar-refractivity contribution in [2.24, 2.45) is 0 Å². The lowest BCUT2D eigenvalue weighted by molar-refractivity contribution is 0.352. The molecule has 0 saturated heterocycles. The van der Waals surface area contributed by atoms with Gasteiger partial charge < -0.3 is 14.8 Å². The molecule has 0 bridgehead atoms. The smallest absolute Gasteiger partial charge is 0.174 e. The molecule has 0 heterocycles. The van der Waals surface area contributed by atoms with Gasteiger partial charge in [0.1, 0.15) is 0 Å². The maximum Gasteiger partial charge on any atom is 0.174 e.